The topological polar surface area (TPSA) is 145 Å². The van der Waals surface area contributed by atoms with Crippen LogP contribution in [0.1, 0.15) is 57.0 Å². The highest BCUT2D eigenvalue weighted by Gasteiger charge is 2.47. The summed E-state index contributed by atoms with van der Waals surface area (Å²) in [5.41, 5.74) is 4.27. The number of ether oxygens (including phenoxy) is 1. The lowest BCUT2D eigenvalue weighted by Crippen LogP contribution is -2.52. The van der Waals surface area contributed by atoms with Crippen LogP contribution in [0.15, 0.2) is 77.0 Å². The summed E-state index contributed by atoms with van der Waals surface area (Å²) < 4.78 is 25.6. The van der Waals surface area contributed by atoms with Gasteiger partial charge in [0.1, 0.15) is 35.1 Å². The number of halogens is 2. The number of methoxy groups -OCH3 is 1. The third-order valence-electron chi connectivity index (χ3n) is 9.77. The molecule has 2 fully saturated rings. The van der Waals surface area contributed by atoms with Gasteiger partial charge in [-0.15, -0.1) is 11.6 Å². The van der Waals surface area contributed by atoms with Crippen molar-refractivity contribution in [3.63, 3.8) is 0 Å². The molecule has 2 aliphatic heterocycles. The van der Waals surface area contributed by atoms with E-state index in [9.17, 15) is 19.2 Å². The minimum absolute atomic E-state index is 0.0827. The van der Waals surface area contributed by atoms with Crippen molar-refractivity contribution in [2.45, 2.75) is 56.0 Å². The number of nitrogens with zero attached hydrogens (tertiary/aromatic N) is 4. The summed E-state index contributed by atoms with van der Waals surface area (Å²) in [5.74, 6) is 1.93. The van der Waals surface area contributed by atoms with E-state index in [1.807, 2.05) is 54.2 Å². The summed E-state index contributed by atoms with van der Waals surface area (Å²) >= 11 is 7.41. The Morgan fingerprint density at radius 2 is 2.10 bits per heavy atom. The maximum absolute atomic E-state index is 14.2. The number of fused-ring (bicyclic) bond motifs is 1. The lowest BCUT2D eigenvalue weighted by Gasteiger charge is -2.36. The van der Waals surface area contributed by atoms with Gasteiger partial charge in [-0.1, -0.05) is 36.4 Å². The van der Waals surface area contributed by atoms with E-state index in [-0.39, 0.29) is 28.8 Å². The zero-order valence-electron chi connectivity index (χ0n) is 28.7. The molecule has 3 N–H and O–H groups in total. The number of carbonyl (C=O) groups is 1. The number of pyridine rings is 1. The normalized spacial score (nSPS) is 21.6. The SMILES string of the molecule is COc1cc(C(=O)NC2(c3nc4cc(CN5CC(F)C5)cc(C#N)c4o3)C=CC=C(c3ccccc3C)C2Cl)ncc1CNC[C@@H]1CCC(=C=O)N1. The predicted molar refractivity (Wildman–Crippen MR) is 194 cm³/mol. The number of rotatable bonds is 11. The van der Waals surface area contributed by atoms with Crippen LogP contribution in [-0.2, 0) is 23.4 Å². The van der Waals surface area contributed by atoms with Crippen molar-refractivity contribution in [3.05, 3.63) is 112 Å². The number of aryl methyl sites for hydroxylation is 1. The van der Waals surface area contributed by atoms with Crippen molar-refractivity contribution >= 4 is 40.1 Å². The van der Waals surface area contributed by atoms with E-state index in [0.717, 1.165) is 34.2 Å². The van der Waals surface area contributed by atoms with Gasteiger partial charge >= 0.3 is 0 Å². The van der Waals surface area contributed by atoms with E-state index in [0.29, 0.717) is 56.1 Å². The van der Waals surface area contributed by atoms with Gasteiger partial charge in [0.05, 0.1) is 23.7 Å². The number of aromatic nitrogens is 2. The molecular formula is C39H37ClFN7O4. The number of hydrogen-bond donors (Lipinski definition) is 3. The molecule has 2 aromatic carbocycles. The average Bonchev–Trinajstić information content (AvgIpc) is 3.79. The number of amides is 1. The molecule has 52 heavy (non-hydrogen) atoms. The van der Waals surface area contributed by atoms with E-state index in [1.165, 1.54) is 7.11 Å². The zero-order valence-corrected chi connectivity index (χ0v) is 29.5. The highest BCUT2D eigenvalue weighted by molar-refractivity contribution is 6.28. The monoisotopic (exact) mass is 721 g/mol. The Morgan fingerprint density at radius 3 is 2.83 bits per heavy atom. The summed E-state index contributed by atoms with van der Waals surface area (Å²) in [7, 11) is 1.52. The highest BCUT2D eigenvalue weighted by Crippen LogP contribution is 2.43. The fraction of sp³-hybridized carbons (Fsp3) is 0.333. The van der Waals surface area contributed by atoms with Crippen LogP contribution in [0.5, 0.6) is 5.75 Å². The molecule has 0 spiro atoms. The van der Waals surface area contributed by atoms with Crippen molar-refractivity contribution in [1.29, 1.82) is 5.26 Å². The average molecular weight is 722 g/mol. The van der Waals surface area contributed by atoms with Crippen molar-refractivity contribution in [2.75, 3.05) is 26.7 Å². The zero-order chi connectivity index (χ0) is 36.4. The lowest BCUT2D eigenvalue weighted by molar-refractivity contribution is 0.0591. The molecule has 1 amide bonds. The Bertz CT molecular complexity index is 2180. The quantitative estimate of drug-likeness (QED) is 0.143. The minimum Gasteiger partial charge on any atom is -0.496 e. The number of hydrogen-bond acceptors (Lipinski definition) is 10. The Labute approximate surface area is 305 Å². The summed E-state index contributed by atoms with van der Waals surface area (Å²) in [6.45, 7) is 4.16. The van der Waals surface area contributed by atoms with Crippen LogP contribution in [0.3, 0.4) is 0 Å². The number of nitriles is 1. The van der Waals surface area contributed by atoms with Crippen LogP contribution in [0.25, 0.3) is 16.7 Å². The second kappa shape index (κ2) is 14.7. The first-order valence-corrected chi connectivity index (χ1v) is 17.5. The molecule has 11 nitrogen and oxygen atoms in total. The minimum atomic E-state index is -1.51. The number of carbonyl (C=O) groups excluding carboxylic acids is 2. The third kappa shape index (κ3) is 6.84. The van der Waals surface area contributed by atoms with Crippen LogP contribution in [0.2, 0.25) is 0 Å². The van der Waals surface area contributed by atoms with Crippen LogP contribution in [0, 0.1) is 18.3 Å². The molecule has 1 aliphatic carbocycles. The predicted octanol–water partition coefficient (Wildman–Crippen LogP) is 5.01. The first-order valence-electron chi connectivity index (χ1n) is 17.1. The molecule has 0 bridgehead atoms. The standard InChI is InChI=1S/C39H37ClFN7O4/c1-23-6-3-4-7-30(23)31-8-5-11-39(36(31)40,38-46-32-13-24(19-48-20-27(41)21-48)12-25(15-42)35(32)52-38)47-37(50)33-14-34(51-2)26(17-44-33)16-43-18-28-9-10-29(22-49)45-28/h3-8,11-14,17,27-28,36,43,45H,9-10,16,18-21H2,1-2H3,(H,47,50)/t28-,36?,39?/m0/s1. The second-order valence-electron chi connectivity index (χ2n) is 13.4. The van der Waals surface area contributed by atoms with E-state index >= 15 is 0 Å². The number of benzene rings is 2. The highest BCUT2D eigenvalue weighted by atomic mass is 35.5. The van der Waals surface area contributed by atoms with Crippen LogP contribution >= 0.6 is 11.6 Å². The maximum Gasteiger partial charge on any atom is 0.271 e. The van der Waals surface area contributed by atoms with Gasteiger partial charge in [0, 0.05) is 63.0 Å². The largest absolute Gasteiger partial charge is 0.496 e. The van der Waals surface area contributed by atoms with Crippen molar-refractivity contribution < 1.29 is 23.1 Å². The number of allylic oxidation sites excluding steroid dienone is 3. The van der Waals surface area contributed by atoms with Crippen molar-refractivity contribution in [3.8, 4) is 11.8 Å². The molecule has 0 saturated carbocycles. The summed E-state index contributed by atoms with van der Waals surface area (Å²) in [6.07, 6.45) is 7.69. The Hall–Kier alpha value is -5.31. The van der Waals surface area contributed by atoms with Gasteiger partial charge < -0.3 is 25.1 Å². The van der Waals surface area contributed by atoms with Gasteiger partial charge in [-0.3, -0.25) is 14.7 Å². The summed E-state index contributed by atoms with van der Waals surface area (Å²) in [6, 6.07) is 15.2. The van der Waals surface area contributed by atoms with Crippen LogP contribution in [-0.4, -0.2) is 71.1 Å². The third-order valence-corrected chi connectivity index (χ3v) is 10.4. The molecule has 2 aromatic heterocycles. The van der Waals surface area contributed by atoms with Crippen molar-refractivity contribution in [1.82, 2.24) is 30.8 Å². The van der Waals surface area contributed by atoms with E-state index in [2.05, 4.69) is 27.0 Å². The van der Waals surface area contributed by atoms with Gasteiger partial charge in [0.2, 0.25) is 5.89 Å². The van der Waals surface area contributed by atoms with Gasteiger partial charge in [0.15, 0.2) is 11.1 Å². The van der Waals surface area contributed by atoms with E-state index in [1.54, 1.807) is 30.5 Å². The molecule has 3 aliphatic rings. The van der Waals surface area contributed by atoms with E-state index < -0.39 is 23.0 Å². The Morgan fingerprint density at radius 1 is 1.27 bits per heavy atom. The molecule has 4 aromatic rings. The van der Waals surface area contributed by atoms with Crippen LogP contribution in [0.4, 0.5) is 4.39 Å². The second-order valence-corrected chi connectivity index (χ2v) is 13.8. The summed E-state index contributed by atoms with van der Waals surface area (Å²) in [4.78, 5) is 36.4. The van der Waals surface area contributed by atoms with Gasteiger partial charge in [-0.2, -0.15) is 5.26 Å². The molecular weight excluding hydrogens is 685 g/mol. The fourth-order valence-electron chi connectivity index (χ4n) is 7.00. The molecule has 266 valence electrons. The van der Waals surface area contributed by atoms with Crippen molar-refractivity contribution in [2.24, 2.45) is 0 Å². The first kappa shape index (κ1) is 35.1. The number of likely N-dealkylation sites (tertiary alicyclic amines) is 1. The molecule has 7 rings (SSSR count). The molecule has 13 heteroatoms. The number of alkyl halides is 2. The molecule has 4 heterocycles. The lowest BCUT2D eigenvalue weighted by atomic mass is 9.81. The molecule has 2 saturated heterocycles. The van der Waals surface area contributed by atoms with E-state index in [4.69, 9.17) is 25.7 Å². The van der Waals surface area contributed by atoms with Gasteiger partial charge in [-0.05, 0) is 53.8 Å². The Kier molecular flexibility index (Phi) is 9.95. The maximum atomic E-state index is 14.2. The molecule has 0 radical (unpaired) electrons. The fourth-order valence-corrected chi connectivity index (χ4v) is 7.41. The number of oxazole rings is 1. The molecule has 2 unspecified atom stereocenters. The first-order chi connectivity index (χ1) is 25.2. The molecule has 3 atom stereocenters. The van der Waals surface area contributed by atoms with Gasteiger partial charge in [0.25, 0.3) is 5.91 Å². The van der Waals surface area contributed by atoms with Crippen LogP contribution < -0.4 is 20.7 Å². The Balaban J connectivity index is 1.21. The summed E-state index contributed by atoms with van der Waals surface area (Å²) in [5, 5.41) is 18.8. The van der Waals surface area contributed by atoms with Gasteiger partial charge in [-0.25, -0.2) is 14.2 Å². The smallest absolute Gasteiger partial charge is 0.271 e. The number of nitrogens with one attached hydrogen (secondary N) is 3.